The first-order valence-electron chi connectivity index (χ1n) is 4.31. The van der Waals surface area contributed by atoms with Gasteiger partial charge in [0.05, 0.1) is 0 Å². The zero-order valence-corrected chi connectivity index (χ0v) is 7.93. The molecule has 0 bridgehead atoms. The molecule has 2 rings (SSSR count). The van der Waals surface area contributed by atoms with Gasteiger partial charge in [-0.3, -0.25) is 10.1 Å². The van der Waals surface area contributed by atoms with Crippen molar-refractivity contribution in [2.75, 3.05) is 5.32 Å². The lowest BCUT2D eigenvalue weighted by Gasteiger charge is -1.96. The Hall–Kier alpha value is -2.64. The van der Waals surface area contributed by atoms with Gasteiger partial charge in [-0.05, 0) is 11.0 Å². The van der Waals surface area contributed by atoms with Crippen molar-refractivity contribution < 1.29 is 9.72 Å². The molecule has 2 heterocycles. The fourth-order valence-electron chi connectivity index (χ4n) is 1.13. The maximum atomic E-state index is 11.5. The van der Waals surface area contributed by atoms with E-state index >= 15 is 0 Å². The Labute approximate surface area is 88.9 Å². The number of nitrogens with one attached hydrogen (secondary N) is 3. The smallest absolute Gasteiger partial charge is 0.321 e. The molecule has 0 unspecified atom stereocenters. The predicted molar refractivity (Wildman–Crippen MR) is 54.0 cm³/mol. The third-order valence-electron chi connectivity index (χ3n) is 1.84. The molecule has 16 heavy (non-hydrogen) atoms. The Bertz CT molecular complexity index is 516. The summed E-state index contributed by atoms with van der Waals surface area (Å²) in [7, 11) is 0. The van der Waals surface area contributed by atoms with Gasteiger partial charge in [-0.25, -0.2) is 9.97 Å². The minimum atomic E-state index is -0.607. The van der Waals surface area contributed by atoms with E-state index in [4.69, 9.17) is 0 Å². The molecule has 0 atom stereocenters. The molecule has 2 aromatic rings. The summed E-state index contributed by atoms with van der Waals surface area (Å²) in [6.07, 6.45) is 3.03. The highest BCUT2D eigenvalue weighted by atomic mass is 16.6. The van der Waals surface area contributed by atoms with Crippen LogP contribution in [0, 0.1) is 10.1 Å². The second kappa shape index (κ2) is 3.85. The van der Waals surface area contributed by atoms with Gasteiger partial charge < -0.3 is 15.1 Å². The van der Waals surface area contributed by atoms with Crippen LogP contribution < -0.4 is 5.32 Å². The summed E-state index contributed by atoms with van der Waals surface area (Å²) in [5.74, 6) is -0.449. The molecule has 2 aromatic heterocycles. The lowest BCUT2D eigenvalue weighted by molar-refractivity contribution is -0.389. The summed E-state index contributed by atoms with van der Waals surface area (Å²) < 4.78 is 0. The number of nitro groups is 1. The van der Waals surface area contributed by atoms with Gasteiger partial charge in [0.25, 0.3) is 5.91 Å². The summed E-state index contributed by atoms with van der Waals surface area (Å²) in [5.41, 5.74) is 0.100. The maximum Gasteiger partial charge on any atom is 0.321 e. The lowest BCUT2D eigenvalue weighted by Crippen LogP contribution is -2.13. The summed E-state index contributed by atoms with van der Waals surface area (Å²) in [6.45, 7) is 0. The topological polar surface area (TPSA) is 117 Å². The summed E-state index contributed by atoms with van der Waals surface area (Å²) >= 11 is 0. The van der Waals surface area contributed by atoms with Crippen molar-refractivity contribution in [1.82, 2.24) is 15.0 Å². The van der Waals surface area contributed by atoms with E-state index in [-0.39, 0.29) is 17.5 Å². The zero-order chi connectivity index (χ0) is 11.5. The van der Waals surface area contributed by atoms with E-state index in [9.17, 15) is 14.9 Å². The molecule has 0 radical (unpaired) electrons. The average Bonchev–Trinajstić information content (AvgIpc) is 2.86. The third-order valence-corrected chi connectivity index (χ3v) is 1.84. The number of carbonyl (C=O) groups excluding carboxylic acids is 1. The summed E-state index contributed by atoms with van der Waals surface area (Å²) in [4.78, 5) is 30.1. The molecule has 0 spiro atoms. The van der Waals surface area contributed by atoms with Gasteiger partial charge in [0.2, 0.25) is 5.95 Å². The highest BCUT2D eigenvalue weighted by Crippen LogP contribution is 2.10. The van der Waals surface area contributed by atoms with Gasteiger partial charge in [-0.15, -0.1) is 0 Å². The number of amides is 1. The maximum absolute atomic E-state index is 11.5. The van der Waals surface area contributed by atoms with Gasteiger partial charge >= 0.3 is 5.82 Å². The van der Waals surface area contributed by atoms with Crippen molar-refractivity contribution in [3.63, 3.8) is 0 Å². The van der Waals surface area contributed by atoms with Crippen LogP contribution in [0.1, 0.15) is 10.5 Å². The van der Waals surface area contributed by atoms with E-state index < -0.39 is 10.8 Å². The predicted octanol–water partition coefficient (Wildman–Crippen LogP) is 0.898. The fourth-order valence-corrected chi connectivity index (χ4v) is 1.13. The molecule has 8 nitrogen and oxygen atoms in total. The van der Waals surface area contributed by atoms with Crippen LogP contribution in [0.2, 0.25) is 0 Å². The van der Waals surface area contributed by atoms with Gasteiger partial charge in [-0.1, -0.05) is 0 Å². The molecule has 3 N–H and O–H groups in total. The van der Waals surface area contributed by atoms with E-state index in [1.165, 1.54) is 18.3 Å². The Morgan fingerprint density at radius 3 is 2.88 bits per heavy atom. The third kappa shape index (κ3) is 1.90. The summed E-state index contributed by atoms with van der Waals surface area (Å²) in [5, 5.41) is 12.8. The molecule has 8 heteroatoms. The second-order valence-corrected chi connectivity index (χ2v) is 2.91. The molecule has 0 aliphatic heterocycles. The Morgan fingerprint density at radius 1 is 1.50 bits per heavy atom. The molecular formula is C8H7N5O3. The van der Waals surface area contributed by atoms with Gasteiger partial charge in [0, 0.05) is 18.5 Å². The normalized spacial score (nSPS) is 10.0. The van der Waals surface area contributed by atoms with Crippen LogP contribution in [0.4, 0.5) is 11.8 Å². The van der Waals surface area contributed by atoms with E-state index in [1.54, 1.807) is 6.20 Å². The molecule has 1 amide bonds. The minimum absolute atomic E-state index is 0.100. The number of aromatic amines is 2. The Balaban J connectivity index is 2.12. The molecule has 0 aliphatic rings. The van der Waals surface area contributed by atoms with Crippen molar-refractivity contribution >= 4 is 17.7 Å². The number of anilines is 1. The van der Waals surface area contributed by atoms with E-state index in [1.807, 2.05) is 0 Å². The van der Waals surface area contributed by atoms with Crippen molar-refractivity contribution in [1.29, 1.82) is 0 Å². The quantitative estimate of drug-likeness (QED) is 0.527. The van der Waals surface area contributed by atoms with Crippen molar-refractivity contribution in [3.8, 4) is 0 Å². The van der Waals surface area contributed by atoms with Crippen molar-refractivity contribution in [2.24, 2.45) is 0 Å². The number of aromatic nitrogens is 3. The Kier molecular flexibility index (Phi) is 2.38. The van der Waals surface area contributed by atoms with Crippen LogP contribution in [-0.4, -0.2) is 25.8 Å². The lowest BCUT2D eigenvalue weighted by atomic mass is 10.4. The number of carbonyl (C=O) groups is 1. The Morgan fingerprint density at radius 2 is 2.31 bits per heavy atom. The van der Waals surface area contributed by atoms with Crippen LogP contribution in [0.15, 0.2) is 24.5 Å². The number of hydrogen-bond acceptors (Lipinski definition) is 4. The monoisotopic (exact) mass is 221 g/mol. The number of rotatable bonds is 3. The molecule has 0 fully saturated rings. The van der Waals surface area contributed by atoms with E-state index in [2.05, 4.69) is 20.3 Å². The van der Waals surface area contributed by atoms with Crippen molar-refractivity contribution in [3.05, 3.63) is 40.3 Å². The van der Waals surface area contributed by atoms with Gasteiger partial charge in [-0.2, -0.15) is 0 Å². The molecule has 82 valence electrons. The fraction of sp³-hybridized carbons (Fsp3) is 0. The first-order valence-corrected chi connectivity index (χ1v) is 4.31. The van der Waals surface area contributed by atoms with Crippen LogP contribution in [0.5, 0.6) is 0 Å². The standard InChI is InChI=1S/C8H7N5O3/c14-7(12-8-9-3-4-10-8)5-1-2-6(11-5)13(15)16/h1-4,11H,(H2,9,10,12,14). The van der Waals surface area contributed by atoms with Gasteiger partial charge in [0.15, 0.2) is 5.69 Å². The van der Waals surface area contributed by atoms with E-state index in [0.29, 0.717) is 0 Å². The average molecular weight is 221 g/mol. The number of H-pyrrole nitrogens is 2. The highest BCUT2D eigenvalue weighted by Gasteiger charge is 2.15. The number of nitrogens with zero attached hydrogens (tertiary/aromatic N) is 2. The number of hydrogen-bond donors (Lipinski definition) is 3. The van der Waals surface area contributed by atoms with Gasteiger partial charge in [0.1, 0.15) is 0 Å². The van der Waals surface area contributed by atoms with Crippen LogP contribution >= 0.6 is 0 Å². The first kappa shape index (κ1) is 9.90. The SMILES string of the molecule is O=C(Nc1ncc[nH]1)c1ccc([N+](=O)[O-])[nH]1. The molecule has 0 aromatic carbocycles. The van der Waals surface area contributed by atoms with Crippen LogP contribution in [0.25, 0.3) is 0 Å². The summed E-state index contributed by atoms with van der Waals surface area (Å²) in [6, 6.07) is 2.55. The minimum Gasteiger partial charge on any atom is -0.358 e. The molecule has 0 aliphatic carbocycles. The second-order valence-electron chi connectivity index (χ2n) is 2.91. The van der Waals surface area contributed by atoms with E-state index in [0.717, 1.165) is 0 Å². The van der Waals surface area contributed by atoms with Crippen LogP contribution in [-0.2, 0) is 0 Å². The highest BCUT2D eigenvalue weighted by molar-refractivity contribution is 6.02. The molecular weight excluding hydrogens is 214 g/mol. The van der Waals surface area contributed by atoms with Crippen LogP contribution in [0.3, 0.4) is 0 Å². The molecule has 0 saturated carbocycles. The first-order chi connectivity index (χ1) is 7.66. The molecule has 0 saturated heterocycles. The largest absolute Gasteiger partial charge is 0.358 e. The number of imidazole rings is 1. The zero-order valence-electron chi connectivity index (χ0n) is 7.93. The van der Waals surface area contributed by atoms with Crippen molar-refractivity contribution in [2.45, 2.75) is 0 Å².